The highest BCUT2D eigenvalue weighted by Crippen LogP contribution is 2.42. The van der Waals surface area contributed by atoms with E-state index in [1.54, 1.807) is 35.9 Å². The molecule has 2 N–H and O–H groups in total. The third kappa shape index (κ3) is 5.19. The fourth-order valence-corrected chi connectivity index (χ4v) is 6.97. The average molecular weight is 574 g/mol. The molecule has 0 radical (unpaired) electrons. The Morgan fingerprint density at radius 1 is 1.08 bits per heavy atom. The van der Waals surface area contributed by atoms with Gasteiger partial charge < -0.3 is 9.84 Å². The fourth-order valence-electron chi connectivity index (χ4n) is 4.72. The van der Waals surface area contributed by atoms with E-state index in [9.17, 15) is 13.5 Å². The number of aromatic hydroxyl groups is 1. The fraction of sp³-hybridized carbons (Fsp3) is 0.222. The van der Waals surface area contributed by atoms with Crippen LogP contribution in [0.5, 0.6) is 17.2 Å². The monoisotopic (exact) mass is 572 g/mol. The minimum atomic E-state index is -4.03. The predicted molar refractivity (Wildman–Crippen MR) is 150 cm³/mol. The maximum absolute atomic E-state index is 13.7. The van der Waals surface area contributed by atoms with Crippen LogP contribution in [-0.4, -0.2) is 37.3 Å². The van der Waals surface area contributed by atoms with Crippen LogP contribution in [0.25, 0.3) is 0 Å². The van der Waals surface area contributed by atoms with Crippen molar-refractivity contribution in [1.82, 2.24) is 9.73 Å². The largest absolute Gasteiger partial charge is 0.507 e. The lowest BCUT2D eigenvalue weighted by atomic mass is 9.77. The third-order valence-electron chi connectivity index (χ3n) is 6.72. The summed E-state index contributed by atoms with van der Waals surface area (Å²) in [5, 5.41) is 12.6. The minimum absolute atomic E-state index is 0.158. The van der Waals surface area contributed by atoms with Gasteiger partial charge in [0, 0.05) is 37.0 Å². The van der Waals surface area contributed by atoms with Crippen LogP contribution in [-0.2, 0) is 15.4 Å². The molecule has 5 rings (SSSR count). The van der Waals surface area contributed by atoms with Crippen molar-refractivity contribution in [2.24, 2.45) is 4.99 Å². The van der Waals surface area contributed by atoms with E-state index in [1.165, 1.54) is 22.5 Å². The van der Waals surface area contributed by atoms with E-state index in [1.807, 2.05) is 30.3 Å². The Hall–Kier alpha value is -3.24. The average Bonchev–Trinajstić information content (AvgIpc) is 2.92. The van der Waals surface area contributed by atoms with Crippen molar-refractivity contribution in [2.45, 2.75) is 30.1 Å². The topological polar surface area (TPSA) is 94.5 Å². The number of nitrogens with zero attached hydrogens (tertiary/aromatic N) is 3. The molecule has 8 nitrogen and oxygen atoms in total. The van der Waals surface area contributed by atoms with Gasteiger partial charge >= 0.3 is 0 Å². The number of hydrazine groups is 1. The first-order chi connectivity index (χ1) is 18.2. The Bertz CT molecular complexity index is 1490. The Labute approximate surface area is 231 Å². The molecule has 0 aliphatic carbocycles. The number of piperidine rings is 1. The van der Waals surface area contributed by atoms with Gasteiger partial charge in [0.2, 0.25) is 10.0 Å². The highest BCUT2D eigenvalue weighted by atomic mass is 35.5. The Kier molecular flexibility index (Phi) is 7.28. The Balaban J connectivity index is 1.41. The number of hydrogen-bond donors (Lipinski definition) is 2. The molecule has 198 valence electrons. The van der Waals surface area contributed by atoms with Crippen LogP contribution < -0.4 is 15.2 Å². The number of aliphatic imine (C=N–C) groups is 1. The van der Waals surface area contributed by atoms with Gasteiger partial charge in [0.15, 0.2) is 5.75 Å². The first kappa shape index (κ1) is 26.4. The van der Waals surface area contributed by atoms with Crippen molar-refractivity contribution < 1.29 is 18.3 Å². The van der Waals surface area contributed by atoms with Gasteiger partial charge in [-0.25, -0.2) is 18.4 Å². The highest BCUT2D eigenvalue weighted by molar-refractivity contribution is 7.89. The van der Waals surface area contributed by atoms with E-state index in [0.29, 0.717) is 25.2 Å². The molecule has 3 aromatic carbocycles. The molecule has 3 aromatic rings. The van der Waals surface area contributed by atoms with Gasteiger partial charge in [-0.15, -0.1) is 0 Å². The van der Waals surface area contributed by atoms with Crippen LogP contribution >= 0.6 is 23.2 Å². The first-order valence-electron chi connectivity index (χ1n) is 12.0. The summed E-state index contributed by atoms with van der Waals surface area (Å²) in [5.41, 5.74) is 4.34. The van der Waals surface area contributed by atoms with Crippen LogP contribution in [0.4, 0.5) is 5.69 Å². The van der Waals surface area contributed by atoms with Gasteiger partial charge in [0.25, 0.3) is 0 Å². The van der Waals surface area contributed by atoms with Crippen LogP contribution in [0.3, 0.4) is 0 Å². The van der Waals surface area contributed by atoms with Gasteiger partial charge in [0.05, 0.1) is 15.7 Å². The van der Waals surface area contributed by atoms with E-state index < -0.39 is 10.0 Å². The molecule has 1 saturated heterocycles. The lowest BCUT2D eigenvalue weighted by molar-refractivity contribution is 0.240. The van der Waals surface area contributed by atoms with Crippen molar-refractivity contribution in [2.75, 3.05) is 18.1 Å². The molecule has 0 aromatic heterocycles. The Morgan fingerprint density at radius 3 is 2.50 bits per heavy atom. The molecule has 2 aliphatic rings. The van der Waals surface area contributed by atoms with E-state index in [4.69, 9.17) is 27.9 Å². The number of phenolic OH excluding ortho intramolecular Hbond substituents is 1. The van der Waals surface area contributed by atoms with E-state index in [2.05, 4.69) is 17.3 Å². The van der Waals surface area contributed by atoms with Gasteiger partial charge in [-0.05, 0) is 42.7 Å². The molecule has 1 unspecified atom stereocenters. The number of hydrogen-bond acceptors (Lipinski definition) is 7. The van der Waals surface area contributed by atoms with Crippen LogP contribution in [0.15, 0.2) is 83.0 Å². The maximum atomic E-state index is 13.7. The number of sulfonamides is 1. The number of rotatable bonds is 6. The summed E-state index contributed by atoms with van der Waals surface area (Å²) in [6, 6.07) is 17.2. The lowest BCUT2D eigenvalue weighted by Gasteiger charge is -2.40. The second kappa shape index (κ2) is 10.5. The smallest absolute Gasteiger partial charge is 0.246 e. The Morgan fingerprint density at radius 2 is 1.82 bits per heavy atom. The standard InChI is InChI=1S/C27H26Cl2N4O4S/c1-27(19-6-3-2-4-7-19)10-5-13-32(17-27)38(35,36)25-16-21(8-9-24(25)34)37-26-22(28)14-20(15-23(26)29)33-18-30-11-12-31-33/h2-4,6-9,11-12,14-16,18,31,34H,5,10,13,17H2,1H3. The van der Waals surface area contributed by atoms with E-state index in [0.717, 1.165) is 12.0 Å². The molecule has 0 spiro atoms. The number of halogens is 2. The summed E-state index contributed by atoms with van der Waals surface area (Å²) in [6.45, 7) is 2.72. The molecular formula is C27H26Cl2N4O4S. The van der Waals surface area contributed by atoms with Gasteiger partial charge in [-0.1, -0.05) is 60.5 Å². The van der Waals surface area contributed by atoms with Crippen molar-refractivity contribution >= 4 is 45.3 Å². The van der Waals surface area contributed by atoms with Crippen molar-refractivity contribution in [3.05, 3.63) is 88.7 Å². The molecule has 0 bridgehead atoms. The van der Waals surface area contributed by atoms with Crippen molar-refractivity contribution in [1.29, 1.82) is 0 Å². The molecule has 0 amide bonds. The third-order valence-corrected chi connectivity index (χ3v) is 9.15. The van der Waals surface area contributed by atoms with Crippen molar-refractivity contribution in [3.8, 4) is 17.2 Å². The summed E-state index contributed by atoms with van der Waals surface area (Å²) in [7, 11) is -4.03. The summed E-state index contributed by atoms with van der Waals surface area (Å²) in [4.78, 5) is 3.81. The summed E-state index contributed by atoms with van der Waals surface area (Å²) < 4.78 is 34.8. The number of ether oxygens (including phenoxy) is 1. The van der Waals surface area contributed by atoms with Crippen LogP contribution in [0.1, 0.15) is 25.3 Å². The van der Waals surface area contributed by atoms with Gasteiger partial charge in [-0.3, -0.25) is 5.43 Å². The van der Waals surface area contributed by atoms with E-state index >= 15 is 0 Å². The predicted octanol–water partition coefficient (Wildman–Crippen LogP) is 6.06. The summed E-state index contributed by atoms with van der Waals surface area (Å²) >= 11 is 12.9. The van der Waals surface area contributed by atoms with Crippen molar-refractivity contribution in [3.63, 3.8) is 0 Å². The van der Waals surface area contributed by atoms with Crippen LogP contribution in [0.2, 0.25) is 10.0 Å². The van der Waals surface area contributed by atoms with Crippen LogP contribution in [0, 0.1) is 0 Å². The quantitative estimate of drug-likeness (QED) is 0.373. The second-order valence-corrected chi connectivity index (χ2v) is 12.1. The zero-order chi connectivity index (χ0) is 26.9. The summed E-state index contributed by atoms with van der Waals surface area (Å²) in [6.07, 6.45) is 6.36. The lowest BCUT2D eigenvalue weighted by Crippen LogP contribution is -2.46. The molecular weight excluding hydrogens is 547 g/mol. The molecule has 0 saturated carbocycles. The summed E-state index contributed by atoms with van der Waals surface area (Å²) in [5.74, 6) is -0.0352. The normalized spacial score (nSPS) is 19.8. The van der Waals surface area contributed by atoms with E-state index in [-0.39, 0.29) is 37.6 Å². The first-order valence-corrected chi connectivity index (χ1v) is 14.2. The molecule has 1 atom stereocenters. The second-order valence-electron chi connectivity index (χ2n) is 9.42. The number of nitrogens with one attached hydrogen (secondary N) is 1. The number of phenols is 1. The maximum Gasteiger partial charge on any atom is 0.246 e. The zero-order valence-electron chi connectivity index (χ0n) is 20.5. The number of benzene rings is 3. The van der Waals surface area contributed by atoms with Gasteiger partial charge in [-0.2, -0.15) is 4.31 Å². The van der Waals surface area contributed by atoms with Gasteiger partial charge in [0.1, 0.15) is 22.7 Å². The molecule has 2 heterocycles. The minimum Gasteiger partial charge on any atom is -0.507 e. The SMILES string of the molecule is CC1(c2ccccc2)CCCN(S(=O)(=O)c2cc(Oc3c(Cl)cc(N4C=NC=CN4)cc3Cl)ccc2O)C1. The number of anilines is 1. The zero-order valence-corrected chi connectivity index (χ0v) is 22.8. The highest BCUT2D eigenvalue weighted by Gasteiger charge is 2.39. The molecule has 38 heavy (non-hydrogen) atoms. The molecule has 1 fully saturated rings. The molecule has 11 heteroatoms. The molecule has 2 aliphatic heterocycles.